The van der Waals surface area contributed by atoms with Gasteiger partial charge in [0.1, 0.15) is 0 Å². The number of hydrogen-bond acceptors (Lipinski definition) is 4. The summed E-state index contributed by atoms with van der Waals surface area (Å²) in [6, 6.07) is 8.00. The molecular weight excluding hydrogens is 300 g/mol. The summed E-state index contributed by atoms with van der Waals surface area (Å²) >= 11 is 0. The molecule has 0 spiro atoms. The van der Waals surface area contributed by atoms with Gasteiger partial charge >= 0.3 is 0 Å². The number of fused-ring (bicyclic) bond motifs is 1. The van der Waals surface area contributed by atoms with Gasteiger partial charge in [-0.1, -0.05) is 19.9 Å². The molecule has 4 rings (SSSR count). The van der Waals surface area contributed by atoms with Crippen LogP contribution < -0.4 is 0 Å². The Balaban J connectivity index is 2.03. The third kappa shape index (κ3) is 2.36. The van der Waals surface area contributed by atoms with Crippen molar-refractivity contribution >= 4 is 11.0 Å². The van der Waals surface area contributed by atoms with E-state index in [9.17, 15) is 0 Å². The largest absolute Gasteiger partial charge is 0.279 e. The summed E-state index contributed by atoms with van der Waals surface area (Å²) in [5, 5.41) is 12.9. The Morgan fingerprint density at radius 2 is 2.04 bits per heavy atom. The lowest BCUT2D eigenvalue weighted by Crippen LogP contribution is -1.93. The van der Waals surface area contributed by atoms with E-state index < -0.39 is 0 Å². The molecule has 4 heterocycles. The molecule has 0 saturated carbocycles. The molecule has 0 unspecified atom stereocenters. The second kappa shape index (κ2) is 5.56. The van der Waals surface area contributed by atoms with Crippen LogP contribution in [0.4, 0.5) is 0 Å². The van der Waals surface area contributed by atoms with E-state index in [1.807, 2.05) is 37.6 Å². The molecule has 120 valence electrons. The van der Waals surface area contributed by atoms with Crippen molar-refractivity contribution in [2.45, 2.75) is 19.8 Å². The molecule has 24 heavy (non-hydrogen) atoms. The number of hydrogen-bond donors (Lipinski definition) is 1. The van der Waals surface area contributed by atoms with E-state index in [4.69, 9.17) is 4.98 Å². The molecule has 0 aromatic carbocycles. The van der Waals surface area contributed by atoms with Crippen LogP contribution in [-0.4, -0.2) is 29.9 Å². The number of aromatic amines is 1. The molecule has 0 aliphatic carbocycles. The average molecular weight is 318 g/mol. The van der Waals surface area contributed by atoms with Crippen molar-refractivity contribution in [1.29, 1.82) is 0 Å². The van der Waals surface area contributed by atoms with E-state index in [0.717, 1.165) is 33.6 Å². The smallest absolute Gasteiger partial charge is 0.182 e. The summed E-state index contributed by atoms with van der Waals surface area (Å²) in [5.41, 5.74) is 5.55. The highest BCUT2D eigenvalue weighted by molar-refractivity contribution is 5.96. The number of rotatable bonds is 3. The SMILES string of the molecule is CC(C)c1[nH]nc2nc(-c3cnn(C)c3)cc(-c3ccccn3)c12. The Hall–Kier alpha value is -3.02. The highest BCUT2D eigenvalue weighted by Crippen LogP contribution is 2.34. The van der Waals surface area contributed by atoms with Gasteiger partial charge in [0.05, 0.1) is 23.0 Å². The first kappa shape index (κ1) is 14.6. The first-order valence-electron chi connectivity index (χ1n) is 7.93. The quantitative estimate of drug-likeness (QED) is 0.627. The molecule has 0 atom stereocenters. The van der Waals surface area contributed by atoms with E-state index in [1.165, 1.54) is 0 Å². The first-order valence-corrected chi connectivity index (χ1v) is 7.93. The zero-order chi connectivity index (χ0) is 16.7. The van der Waals surface area contributed by atoms with Gasteiger partial charge in [-0.05, 0) is 24.1 Å². The fourth-order valence-electron chi connectivity index (χ4n) is 2.89. The monoisotopic (exact) mass is 318 g/mol. The van der Waals surface area contributed by atoms with Gasteiger partial charge in [-0.25, -0.2) is 4.98 Å². The molecular formula is C18H18N6. The second-order valence-electron chi connectivity index (χ2n) is 6.16. The van der Waals surface area contributed by atoms with Gasteiger partial charge in [0.25, 0.3) is 0 Å². The maximum absolute atomic E-state index is 4.72. The lowest BCUT2D eigenvalue weighted by Gasteiger charge is -2.08. The van der Waals surface area contributed by atoms with Crippen molar-refractivity contribution in [2.24, 2.45) is 7.05 Å². The molecule has 4 aromatic heterocycles. The molecule has 0 saturated heterocycles. The van der Waals surface area contributed by atoms with E-state index in [0.29, 0.717) is 11.6 Å². The van der Waals surface area contributed by atoms with Gasteiger partial charge in [-0.15, -0.1) is 0 Å². The summed E-state index contributed by atoms with van der Waals surface area (Å²) < 4.78 is 1.77. The summed E-state index contributed by atoms with van der Waals surface area (Å²) in [7, 11) is 1.90. The minimum atomic E-state index is 0.323. The second-order valence-corrected chi connectivity index (χ2v) is 6.16. The van der Waals surface area contributed by atoms with Crippen molar-refractivity contribution in [1.82, 2.24) is 29.9 Å². The third-order valence-electron chi connectivity index (χ3n) is 4.07. The van der Waals surface area contributed by atoms with Crippen molar-refractivity contribution in [3.05, 3.63) is 48.5 Å². The Morgan fingerprint density at radius 3 is 2.71 bits per heavy atom. The zero-order valence-corrected chi connectivity index (χ0v) is 13.9. The maximum Gasteiger partial charge on any atom is 0.182 e. The molecule has 0 aliphatic heterocycles. The predicted octanol–water partition coefficient (Wildman–Crippen LogP) is 3.54. The van der Waals surface area contributed by atoms with Crippen LogP contribution >= 0.6 is 0 Å². The normalized spacial score (nSPS) is 11.5. The Bertz CT molecular complexity index is 997. The minimum absolute atomic E-state index is 0.323. The highest BCUT2D eigenvalue weighted by atomic mass is 15.2. The van der Waals surface area contributed by atoms with Crippen molar-refractivity contribution < 1.29 is 0 Å². The number of H-pyrrole nitrogens is 1. The van der Waals surface area contributed by atoms with Crippen LogP contribution in [0.25, 0.3) is 33.5 Å². The van der Waals surface area contributed by atoms with Gasteiger partial charge in [0.2, 0.25) is 0 Å². The molecule has 0 bridgehead atoms. The fourth-order valence-corrected chi connectivity index (χ4v) is 2.89. The number of aryl methyl sites for hydroxylation is 1. The van der Waals surface area contributed by atoms with Crippen molar-refractivity contribution in [2.75, 3.05) is 0 Å². The van der Waals surface area contributed by atoms with E-state index >= 15 is 0 Å². The Kier molecular flexibility index (Phi) is 3.37. The van der Waals surface area contributed by atoms with Gasteiger partial charge in [-0.3, -0.25) is 14.8 Å². The number of pyridine rings is 2. The first-order chi connectivity index (χ1) is 11.6. The summed E-state index contributed by atoms with van der Waals surface area (Å²) in [4.78, 5) is 9.25. The lowest BCUT2D eigenvalue weighted by molar-refractivity contribution is 0.768. The molecule has 0 amide bonds. The lowest BCUT2D eigenvalue weighted by atomic mass is 9.99. The van der Waals surface area contributed by atoms with E-state index in [-0.39, 0.29) is 0 Å². The zero-order valence-electron chi connectivity index (χ0n) is 13.9. The average Bonchev–Trinajstić information content (AvgIpc) is 3.21. The molecule has 6 heteroatoms. The third-order valence-corrected chi connectivity index (χ3v) is 4.07. The van der Waals surface area contributed by atoms with Gasteiger partial charge in [-0.2, -0.15) is 10.2 Å². The molecule has 0 aliphatic rings. The van der Waals surface area contributed by atoms with Crippen LogP contribution in [0.2, 0.25) is 0 Å². The highest BCUT2D eigenvalue weighted by Gasteiger charge is 2.18. The Morgan fingerprint density at radius 1 is 1.17 bits per heavy atom. The summed E-state index contributed by atoms with van der Waals surface area (Å²) in [6.07, 6.45) is 5.57. The van der Waals surface area contributed by atoms with Crippen LogP contribution in [0.1, 0.15) is 25.5 Å². The number of nitrogens with zero attached hydrogens (tertiary/aromatic N) is 5. The minimum Gasteiger partial charge on any atom is -0.279 e. The standard InChI is InChI=1S/C18H18N6/c1-11(2)17-16-13(14-6-4-5-7-19-14)8-15(21-18(16)23-22-17)12-9-20-24(3)10-12/h4-11H,1-3H3,(H,21,22,23). The van der Waals surface area contributed by atoms with Crippen LogP contribution in [0, 0.1) is 0 Å². The topological polar surface area (TPSA) is 72.3 Å². The van der Waals surface area contributed by atoms with Crippen LogP contribution in [-0.2, 0) is 7.05 Å². The molecule has 4 aromatic rings. The van der Waals surface area contributed by atoms with Crippen molar-refractivity contribution in [3.8, 4) is 22.5 Å². The van der Waals surface area contributed by atoms with Crippen LogP contribution in [0.15, 0.2) is 42.9 Å². The molecule has 6 nitrogen and oxygen atoms in total. The van der Waals surface area contributed by atoms with Gasteiger partial charge < -0.3 is 0 Å². The van der Waals surface area contributed by atoms with Gasteiger partial charge in [0.15, 0.2) is 5.65 Å². The fraction of sp³-hybridized carbons (Fsp3) is 0.222. The molecule has 1 N–H and O–H groups in total. The maximum atomic E-state index is 4.72. The molecule has 0 radical (unpaired) electrons. The van der Waals surface area contributed by atoms with E-state index in [1.54, 1.807) is 10.9 Å². The van der Waals surface area contributed by atoms with Crippen LogP contribution in [0.5, 0.6) is 0 Å². The van der Waals surface area contributed by atoms with Gasteiger partial charge in [0, 0.05) is 36.3 Å². The van der Waals surface area contributed by atoms with Crippen molar-refractivity contribution in [3.63, 3.8) is 0 Å². The Labute approximate surface area is 139 Å². The van der Waals surface area contributed by atoms with Crippen LogP contribution in [0.3, 0.4) is 0 Å². The predicted molar refractivity (Wildman–Crippen MR) is 93.4 cm³/mol. The molecule has 0 fully saturated rings. The number of aromatic nitrogens is 6. The summed E-state index contributed by atoms with van der Waals surface area (Å²) in [6.45, 7) is 4.29. The number of nitrogens with one attached hydrogen (secondary N) is 1. The van der Waals surface area contributed by atoms with E-state index in [2.05, 4.69) is 40.2 Å². The summed E-state index contributed by atoms with van der Waals surface area (Å²) in [5.74, 6) is 0.323.